The zero-order chi connectivity index (χ0) is 11.9. The lowest BCUT2D eigenvalue weighted by Gasteiger charge is -2.28. The maximum Gasteiger partial charge on any atom is 0.0494 e. The number of aliphatic hydroxyl groups excluding tert-OH is 1. The molecule has 0 aromatic carbocycles. The summed E-state index contributed by atoms with van der Waals surface area (Å²) in [6, 6.07) is 0.482. The fourth-order valence-corrected chi connectivity index (χ4v) is 1.44. The molecule has 3 nitrogen and oxygen atoms in total. The fraction of sp³-hybridized carbons (Fsp3) is 1.00. The largest absolute Gasteiger partial charge is 0.396 e. The molecule has 0 saturated carbocycles. The van der Waals surface area contributed by atoms with Crippen molar-refractivity contribution in [3.63, 3.8) is 0 Å². The average Bonchev–Trinajstić information content (AvgIpc) is 2.23. The molecule has 0 heterocycles. The van der Waals surface area contributed by atoms with Crippen molar-refractivity contribution in [2.75, 3.05) is 32.8 Å². The molecule has 0 aromatic rings. The van der Waals surface area contributed by atoms with Crippen molar-refractivity contribution < 1.29 is 5.11 Å². The number of nitrogens with zero attached hydrogens (tertiary/aromatic N) is 1. The van der Waals surface area contributed by atoms with Crippen LogP contribution in [0.5, 0.6) is 0 Å². The molecule has 0 aliphatic rings. The van der Waals surface area contributed by atoms with E-state index < -0.39 is 0 Å². The van der Waals surface area contributed by atoms with Crippen molar-refractivity contribution >= 4 is 0 Å². The van der Waals surface area contributed by atoms with Crippen molar-refractivity contribution in [2.24, 2.45) is 5.41 Å². The molecule has 92 valence electrons. The summed E-state index contributed by atoms with van der Waals surface area (Å²) in [6.07, 6.45) is 0. The van der Waals surface area contributed by atoms with Gasteiger partial charge >= 0.3 is 0 Å². The normalized spacial score (nSPS) is 14.6. The van der Waals surface area contributed by atoms with Gasteiger partial charge in [0.2, 0.25) is 0 Å². The van der Waals surface area contributed by atoms with Gasteiger partial charge < -0.3 is 15.3 Å². The fourth-order valence-electron chi connectivity index (χ4n) is 1.44. The van der Waals surface area contributed by atoms with Gasteiger partial charge in [-0.05, 0) is 20.0 Å². The predicted octanol–water partition coefficient (Wildman–Crippen LogP) is 1.32. The van der Waals surface area contributed by atoms with E-state index in [-0.39, 0.29) is 12.0 Å². The van der Waals surface area contributed by atoms with Crippen LogP contribution in [0.2, 0.25) is 0 Å². The number of rotatable bonds is 8. The highest BCUT2D eigenvalue weighted by atomic mass is 16.3. The highest BCUT2D eigenvalue weighted by molar-refractivity contribution is 4.74. The first-order valence-electron chi connectivity index (χ1n) is 6.01. The molecular weight excluding hydrogens is 188 g/mol. The Kier molecular flexibility index (Phi) is 7.14. The number of nitrogens with one attached hydrogen (secondary N) is 1. The Hall–Kier alpha value is -0.120. The quantitative estimate of drug-likeness (QED) is 0.642. The van der Waals surface area contributed by atoms with E-state index >= 15 is 0 Å². The summed E-state index contributed by atoms with van der Waals surface area (Å²) >= 11 is 0. The Morgan fingerprint density at radius 2 is 1.80 bits per heavy atom. The van der Waals surface area contributed by atoms with Crippen LogP contribution in [0.4, 0.5) is 0 Å². The van der Waals surface area contributed by atoms with Crippen LogP contribution in [0.3, 0.4) is 0 Å². The molecule has 2 N–H and O–H groups in total. The van der Waals surface area contributed by atoms with E-state index in [1.807, 2.05) is 0 Å². The van der Waals surface area contributed by atoms with E-state index in [0.717, 1.165) is 26.2 Å². The second-order valence-electron chi connectivity index (χ2n) is 5.09. The molecule has 0 bridgehead atoms. The van der Waals surface area contributed by atoms with E-state index in [4.69, 9.17) is 5.11 Å². The smallest absolute Gasteiger partial charge is 0.0494 e. The first-order chi connectivity index (χ1) is 6.95. The highest BCUT2D eigenvalue weighted by Gasteiger charge is 2.17. The van der Waals surface area contributed by atoms with E-state index in [1.165, 1.54) is 0 Å². The molecule has 15 heavy (non-hydrogen) atoms. The van der Waals surface area contributed by atoms with Crippen molar-refractivity contribution in [3.8, 4) is 0 Å². The summed E-state index contributed by atoms with van der Waals surface area (Å²) in [5.41, 5.74) is -0.0163. The lowest BCUT2D eigenvalue weighted by molar-refractivity contribution is 0.150. The van der Waals surface area contributed by atoms with Gasteiger partial charge in [-0.25, -0.2) is 0 Å². The van der Waals surface area contributed by atoms with Gasteiger partial charge in [-0.1, -0.05) is 27.7 Å². The zero-order valence-corrected chi connectivity index (χ0v) is 11.0. The van der Waals surface area contributed by atoms with Crippen molar-refractivity contribution in [1.29, 1.82) is 0 Å². The second kappa shape index (κ2) is 7.20. The van der Waals surface area contributed by atoms with Crippen LogP contribution in [0.1, 0.15) is 34.6 Å². The van der Waals surface area contributed by atoms with Gasteiger partial charge in [-0.2, -0.15) is 0 Å². The monoisotopic (exact) mass is 216 g/mol. The standard InChI is InChI=1S/C12H28N2O/c1-6-14(7-2)8-11(3)13-9-12(4,5)10-15/h11,13,15H,6-10H2,1-5H3. The van der Waals surface area contributed by atoms with Gasteiger partial charge in [0.05, 0.1) is 0 Å². The Labute approximate surface area is 94.9 Å². The number of likely N-dealkylation sites (N-methyl/N-ethyl adjacent to an activating group) is 1. The van der Waals surface area contributed by atoms with Crippen LogP contribution in [-0.2, 0) is 0 Å². The molecule has 0 fully saturated rings. The van der Waals surface area contributed by atoms with Crippen LogP contribution in [0.15, 0.2) is 0 Å². The average molecular weight is 216 g/mol. The SMILES string of the molecule is CCN(CC)CC(C)NCC(C)(C)CO. The Balaban J connectivity index is 3.78. The Morgan fingerprint density at radius 3 is 2.20 bits per heavy atom. The number of hydrogen-bond donors (Lipinski definition) is 2. The van der Waals surface area contributed by atoms with Crippen molar-refractivity contribution in [1.82, 2.24) is 10.2 Å². The molecule has 0 amide bonds. The Bertz CT molecular complexity index is 156. The van der Waals surface area contributed by atoms with Gasteiger partial charge in [-0.15, -0.1) is 0 Å². The third kappa shape index (κ3) is 6.88. The number of aliphatic hydroxyl groups is 1. The maximum atomic E-state index is 9.13. The lowest BCUT2D eigenvalue weighted by atomic mass is 9.94. The molecule has 0 aromatic heterocycles. The van der Waals surface area contributed by atoms with E-state index in [1.54, 1.807) is 0 Å². The van der Waals surface area contributed by atoms with Crippen LogP contribution >= 0.6 is 0 Å². The summed E-state index contributed by atoms with van der Waals surface area (Å²) in [6.45, 7) is 15.1. The lowest BCUT2D eigenvalue weighted by Crippen LogP contribution is -2.43. The molecule has 0 spiro atoms. The van der Waals surface area contributed by atoms with E-state index in [2.05, 4.69) is 44.8 Å². The zero-order valence-electron chi connectivity index (χ0n) is 11.0. The third-order valence-corrected chi connectivity index (χ3v) is 2.78. The van der Waals surface area contributed by atoms with E-state index in [9.17, 15) is 0 Å². The third-order valence-electron chi connectivity index (χ3n) is 2.78. The first-order valence-corrected chi connectivity index (χ1v) is 6.01. The minimum Gasteiger partial charge on any atom is -0.396 e. The summed E-state index contributed by atoms with van der Waals surface area (Å²) in [5.74, 6) is 0. The van der Waals surface area contributed by atoms with Gasteiger partial charge in [0.1, 0.15) is 0 Å². The molecule has 0 radical (unpaired) electrons. The maximum absolute atomic E-state index is 9.13. The molecular formula is C12H28N2O. The minimum absolute atomic E-state index is 0.0163. The summed E-state index contributed by atoms with van der Waals surface area (Å²) in [4.78, 5) is 2.41. The van der Waals surface area contributed by atoms with Crippen LogP contribution in [0, 0.1) is 5.41 Å². The topological polar surface area (TPSA) is 35.5 Å². The van der Waals surface area contributed by atoms with Crippen molar-refractivity contribution in [3.05, 3.63) is 0 Å². The molecule has 0 aliphatic heterocycles. The minimum atomic E-state index is -0.0163. The highest BCUT2D eigenvalue weighted by Crippen LogP contribution is 2.11. The molecule has 1 atom stereocenters. The van der Waals surface area contributed by atoms with Crippen LogP contribution < -0.4 is 5.32 Å². The molecule has 3 heteroatoms. The molecule has 1 unspecified atom stereocenters. The van der Waals surface area contributed by atoms with Crippen LogP contribution in [0.25, 0.3) is 0 Å². The molecule has 0 saturated heterocycles. The van der Waals surface area contributed by atoms with Gasteiger partial charge in [0.15, 0.2) is 0 Å². The summed E-state index contributed by atoms with van der Waals surface area (Å²) in [7, 11) is 0. The Morgan fingerprint density at radius 1 is 1.27 bits per heavy atom. The predicted molar refractivity (Wildman–Crippen MR) is 66.1 cm³/mol. The molecule has 0 rings (SSSR count). The summed E-state index contributed by atoms with van der Waals surface area (Å²) < 4.78 is 0. The van der Waals surface area contributed by atoms with Gasteiger partial charge in [-0.3, -0.25) is 0 Å². The van der Waals surface area contributed by atoms with Gasteiger partial charge in [0, 0.05) is 31.2 Å². The number of hydrogen-bond acceptors (Lipinski definition) is 3. The van der Waals surface area contributed by atoms with E-state index in [0.29, 0.717) is 6.04 Å². The molecule has 0 aliphatic carbocycles. The first kappa shape index (κ1) is 14.9. The van der Waals surface area contributed by atoms with Crippen molar-refractivity contribution in [2.45, 2.75) is 40.7 Å². The van der Waals surface area contributed by atoms with Crippen LogP contribution in [-0.4, -0.2) is 48.8 Å². The van der Waals surface area contributed by atoms with Gasteiger partial charge in [0.25, 0.3) is 0 Å². The summed E-state index contributed by atoms with van der Waals surface area (Å²) in [5, 5.41) is 12.6. The second-order valence-corrected chi connectivity index (χ2v) is 5.09.